The lowest BCUT2D eigenvalue weighted by molar-refractivity contribution is -0.132. The van der Waals surface area contributed by atoms with E-state index in [1.165, 1.54) is 4.90 Å². The topological polar surface area (TPSA) is 89.5 Å². The molecular weight excluding hydrogens is 488 g/mol. The molecule has 0 aliphatic carbocycles. The van der Waals surface area contributed by atoms with E-state index in [0.29, 0.717) is 16.6 Å². The number of nitrogens with one attached hydrogen (secondary N) is 1. The van der Waals surface area contributed by atoms with E-state index in [-0.39, 0.29) is 17.3 Å². The lowest BCUT2D eigenvalue weighted by atomic mass is 9.94. The quantitative estimate of drug-likeness (QED) is 0.173. The van der Waals surface area contributed by atoms with Gasteiger partial charge in [-0.05, 0) is 71.6 Å². The molecule has 0 bridgehead atoms. The lowest BCUT2D eigenvalue weighted by Crippen LogP contribution is -2.30. The zero-order valence-corrected chi connectivity index (χ0v) is 22.2. The van der Waals surface area contributed by atoms with Crippen molar-refractivity contribution < 1.29 is 14.7 Å². The number of ketones is 1. The number of aliphatic hydroxyl groups excluding tert-OH is 1. The van der Waals surface area contributed by atoms with Gasteiger partial charge in [-0.3, -0.25) is 14.5 Å². The summed E-state index contributed by atoms with van der Waals surface area (Å²) in [6.07, 6.45) is 0. The van der Waals surface area contributed by atoms with E-state index in [0.717, 1.165) is 33.1 Å². The van der Waals surface area contributed by atoms with Crippen LogP contribution in [-0.4, -0.2) is 40.9 Å². The average molecular weight is 517 g/mol. The van der Waals surface area contributed by atoms with Crippen molar-refractivity contribution in [2.24, 2.45) is 0 Å². The summed E-state index contributed by atoms with van der Waals surface area (Å²) in [7, 11) is 3.89. The molecule has 1 fully saturated rings. The monoisotopic (exact) mass is 516 g/mol. The molecule has 6 rings (SSSR count). The SMILES string of the molecule is Cc1cc2nc(N3C(=O)C(=O)/C(=C(/O)c4ccc5ccccc5c4)C3c3ccc(N(C)C)cc3)[nH]c2cc1C. The molecule has 4 aromatic carbocycles. The Balaban J connectivity index is 1.56. The number of hydrogen-bond donors (Lipinski definition) is 2. The predicted molar refractivity (Wildman–Crippen MR) is 155 cm³/mol. The van der Waals surface area contributed by atoms with Gasteiger partial charge < -0.3 is 15.0 Å². The molecule has 1 amide bonds. The molecule has 0 spiro atoms. The zero-order chi connectivity index (χ0) is 27.4. The van der Waals surface area contributed by atoms with Gasteiger partial charge in [0.2, 0.25) is 5.95 Å². The number of hydrogen-bond acceptors (Lipinski definition) is 5. The van der Waals surface area contributed by atoms with E-state index < -0.39 is 17.7 Å². The molecule has 5 aromatic rings. The number of benzene rings is 4. The maximum absolute atomic E-state index is 13.6. The summed E-state index contributed by atoms with van der Waals surface area (Å²) >= 11 is 0. The van der Waals surface area contributed by atoms with Crippen molar-refractivity contribution in [3.8, 4) is 0 Å². The third-order valence-electron chi connectivity index (χ3n) is 7.51. The van der Waals surface area contributed by atoms with Crippen LogP contribution in [0.4, 0.5) is 11.6 Å². The molecule has 2 N–H and O–H groups in total. The highest BCUT2D eigenvalue weighted by molar-refractivity contribution is 6.51. The third-order valence-corrected chi connectivity index (χ3v) is 7.51. The molecule has 7 nitrogen and oxygen atoms in total. The number of anilines is 2. The maximum atomic E-state index is 13.6. The van der Waals surface area contributed by atoms with Crippen molar-refractivity contribution in [1.29, 1.82) is 0 Å². The predicted octanol–water partition coefficient (Wildman–Crippen LogP) is 6.03. The number of aromatic nitrogens is 2. The van der Waals surface area contributed by atoms with Crippen LogP contribution in [0.25, 0.3) is 27.6 Å². The van der Waals surface area contributed by atoms with Crippen molar-refractivity contribution in [3.63, 3.8) is 0 Å². The Kier molecular flexibility index (Phi) is 5.72. The first-order valence-corrected chi connectivity index (χ1v) is 12.8. The van der Waals surface area contributed by atoms with Gasteiger partial charge in [0.05, 0.1) is 22.6 Å². The second kappa shape index (κ2) is 9.13. The van der Waals surface area contributed by atoms with Gasteiger partial charge in [-0.25, -0.2) is 4.98 Å². The Bertz CT molecular complexity index is 1780. The maximum Gasteiger partial charge on any atom is 0.302 e. The highest BCUT2D eigenvalue weighted by Crippen LogP contribution is 2.42. The van der Waals surface area contributed by atoms with E-state index in [1.807, 2.05) is 106 Å². The summed E-state index contributed by atoms with van der Waals surface area (Å²) in [5, 5.41) is 13.5. The van der Waals surface area contributed by atoms with Gasteiger partial charge in [0.1, 0.15) is 5.76 Å². The average Bonchev–Trinajstić information content (AvgIpc) is 3.45. The molecular formula is C32H28N4O3. The van der Waals surface area contributed by atoms with E-state index in [2.05, 4.69) is 4.98 Å². The van der Waals surface area contributed by atoms with Crippen molar-refractivity contribution in [2.75, 3.05) is 23.9 Å². The fourth-order valence-electron chi connectivity index (χ4n) is 5.18. The van der Waals surface area contributed by atoms with Crippen molar-refractivity contribution in [1.82, 2.24) is 9.97 Å². The Labute approximate surface area is 226 Å². The van der Waals surface area contributed by atoms with Crippen LogP contribution < -0.4 is 9.80 Å². The second-order valence-corrected chi connectivity index (χ2v) is 10.2. The smallest absolute Gasteiger partial charge is 0.302 e. The highest BCUT2D eigenvalue weighted by Gasteiger charge is 2.48. The Morgan fingerprint density at radius 3 is 2.31 bits per heavy atom. The van der Waals surface area contributed by atoms with Crippen LogP contribution in [0.1, 0.15) is 28.3 Å². The van der Waals surface area contributed by atoms with Gasteiger partial charge in [-0.15, -0.1) is 0 Å². The van der Waals surface area contributed by atoms with Crippen molar-refractivity contribution in [3.05, 3.63) is 107 Å². The van der Waals surface area contributed by atoms with Gasteiger partial charge in [-0.2, -0.15) is 0 Å². The summed E-state index contributed by atoms with van der Waals surface area (Å²) in [6, 6.07) is 24.0. The number of Topliss-reactive ketones (excluding diaryl/α,β-unsaturated/α-hetero) is 1. The Morgan fingerprint density at radius 1 is 0.897 bits per heavy atom. The number of H-pyrrole nitrogens is 1. The number of aliphatic hydroxyl groups is 1. The van der Waals surface area contributed by atoms with Gasteiger partial charge >= 0.3 is 5.91 Å². The van der Waals surface area contributed by atoms with Gasteiger partial charge in [0.15, 0.2) is 0 Å². The first-order chi connectivity index (χ1) is 18.7. The molecule has 1 atom stereocenters. The molecule has 0 saturated carbocycles. The molecule has 1 unspecified atom stereocenters. The van der Waals surface area contributed by atoms with Crippen LogP contribution in [-0.2, 0) is 9.59 Å². The fourth-order valence-corrected chi connectivity index (χ4v) is 5.18. The largest absolute Gasteiger partial charge is 0.507 e. The van der Waals surface area contributed by atoms with E-state index in [1.54, 1.807) is 6.07 Å². The van der Waals surface area contributed by atoms with E-state index >= 15 is 0 Å². The van der Waals surface area contributed by atoms with Gasteiger partial charge in [-0.1, -0.05) is 48.5 Å². The standard InChI is InChI=1S/C32H28N4O3/c1-18-15-25-26(16-19(18)2)34-32(33-25)36-28(21-11-13-24(14-12-21)35(3)4)27(30(38)31(36)39)29(37)23-10-9-20-7-5-6-8-22(20)17-23/h5-17,28,37H,1-4H3,(H,33,34)/b29-27+. The molecule has 0 radical (unpaired) electrons. The van der Waals surface area contributed by atoms with Crippen molar-refractivity contribution >= 4 is 50.9 Å². The number of carbonyl (C=O) groups is 2. The van der Waals surface area contributed by atoms with Crippen molar-refractivity contribution in [2.45, 2.75) is 19.9 Å². The number of rotatable bonds is 4. The summed E-state index contributed by atoms with van der Waals surface area (Å²) in [5.41, 5.74) is 5.80. The molecule has 7 heteroatoms. The number of nitrogens with zero attached hydrogens (tertiary/aromatic N) is 3. The highest BCUT2D eigenvalue weighted by atomic mass is 16.3. The van der Waals surface area contributed by atoms with Crippen LogP contribution in [0.3, 0.4) is 0 Å². The number of aromatic amines is 1. The summed E-state index contributed by atoms with van der Waals surface area (Å²) < 4.78 is 0. The van der Waals surface area contributed by atoms with Crippen LogP contribution >= 0.6 is 0 Å². The molecule has 1 aromatic heterocycles. The van der Waals surface area contributed by atoms with Crippen LogP contribution in [0, 0.1) is 13.8 Å². The summed E-state index contributed by atoms with van der Waals surface area (Å²) in [6.45, 7) is 4.02. The lowest BCUT2D eigenvalue weighted by Gasteiger charge is -2.24. The molecule has 2 heterocycles. The third kappa shape index (κ3) is 4.03. The molecule has 1 saturated heterocycles. The summed E-state index contributed by atoms with van der Waals surface area (Å²) in [5.74, 6) is -1.45. The molecule has 194 valence electrons. The minimum absolute atomic E-state index is 0.0284. The van der Waals surface area contributed by atoms with Crippen LogP contribution in [0.5, 0.6) is 0 Å². The minimum Gasteiger partial charge on any atom is -0.507 e. The van der Waals surface area contributed by atoms with E-state index in [9.17, 15) is 14.7 Å². The Morgan fingerprint density at radius 2 is 1.59 bits per heavy atom. The van der Waals surface area contributed by atoms with Gasteiger partial charge in [0, 0.05) is 25.3 Å². The van der Waals surface area contributed by atoms with Gasteiger partial charge in [0.25, 0.3) is 5.78 Å². The van der Waals surface area contributed by atoms with Crippen LogP contribution in [0.15, 0.2) is 84.4 Å². The summed E-state index contributed by atoms with van der Waals surface area (Å²) in [4.78, 5) is 38.5. The first-order valence-electron chi connectivity index (χ1n) is 12.8. The number of carbonyl (C=O) groups excluding carboxylic acids is 2. The number of amides is 1. The zero-order valence-electron chi connectivity index (χ0n) is 22.2. The molecule has 1 aliphatic rings. The number of imidazole rings is 1. The molecule has 39 heavy (non-hydrogen) atoms. The Hall–Kier alpha value is -4.91. The number of fused-ring (bicyclic) bond motifs is 2. The molecule has 1 aliphatic heterocycles. The first kappa shape index (κ1) is 24.4. The van der Waals surface area contributed by atoms with Crippen LogP contribution in [0.2, 0.25) is 0 Å². The normalized spacial score (nSPS) is 16.9. The number of aryl methyl sites for hydroxylation is 2. The fraction of sp³-hybridized carbons (Fsp3) is 0.156. The second-order valence-electron chi connectivity index (χ2n) is 10.2. The minimum atomic E-state index is -0.865. The van der Waals surface area contributed by atoms with E-state index in [4.69, 9.17) is 4.98 Å².